The van der Waals surface area contributed by atoms with Crippen LogP contribution >= 0.6 is 0 Å². The number of esters is 1. The highest BCUT2D eigenvalue weighted by Gasteiger charge is 2.17. The molecule has 0 aliphatic carbocycles. The molecule has 0 saturated carbocycles. The fourth-order valence-corrected chi connectivity index (χ4v) is 1.96. The molecule has 1 amide bonds. The van der Waals surface area contributed by atoms with Crippen LogP contribution in [-0.2, 0) is 21.3 Å². The SMILES string of the molecule is Cn1cccc1C(=O)OCC(=O)NC[C@@H]1CCCO1. The number of ether oxygens (including phenoxy) is 2. The molecular weight excluding hydrogens is 248 g/mol. The number of amides is 1. The third-order valence-electron chi connectivity index (χ3n) is 3.04. The number of nitrogens with zero attached hydrogens (tertiary/aromatic N) is 1. The zero-order valence-electron chi connectivity index (χ0n) is 10.9. The van der Waals surface area contributed by atoms with Crippen LogP contribution < -0.4 is 5.32 Å². The van der Waals surface area contributed by atoms with E-state index in [1.807, 2.05) is 0 Å². The van der Waals surface area contributed by atoms with Crippen molar-refractivity contribution < 1.29 is 19.1 Å². The van der Waals surface area contributed by atoms with E-state index in [9.17, 15) is 9.59 Å². The number of hydrogen-bond acceptors (Lipinski definition) is 4. The average molecular weight is 266 g/mol. The molecule has 1 saturated heterocycles. The first kappa shape index (κ1) is 13.6. The van der Waals surface area contributed by atoms with E-state index in [-0.39, 0.29) is 18.6 Å². The third-order valence-corrected chi connectivity index (χ3v) is 3.04. The Labute approximate surface area is 111 Å². The number of aryl methyl sites for hydroxylation is 1. The number of rotatable bonds is 5. The summed E-state index contributed by atoms with van der Waals surface area (Å²) in [6.07, 6.45) is 3.83. The van der Waals surface area contributed by atoms with E-state index < -0.39 is 5.97 Å². The third kappa shape index (κ3) is 3.82. The van der Waals surface area contributed by atoms with Crippen LogP contribution in [0.4, 0.5) is 0 Å². The van der Waals surface area contributed by atoms with Gasteiger partial charge in [0.05, 0.1) is 6.10 Å². The summed E-state index contributed by atoms with van der Waals surface area (Å²) in [6, 6.07) is 3.39. The number of aromatic nitrogens is 1. The maximum absolute atomic E-state index is 11.6. The van der Waals surface area contributed by atoms with E-state index in [2.05, 4.69) is 5.32 Å². The second-order valence-corrected chi connectivity index (χ2v) is 4.52. The summed E-state index contributed by atoms with van der Waals surface area (Å²) in [6.45, 7) is 0.959. The van der Waals surface area contributed by atoms with Crippen molar-refractivity contribution in [2.75, 3.05) is 19.8 Å². The van der Waals surface area contributed by atoms with Gasteiger partial charge < -0.3 is 19.4 Å². The maximum atomic E-state index is 11.6. The van der Waals surface area contributed by atoms with Crippen molar-refractivity contribution in [2.45, 2.75) is 18.9 Å². The fourth-order valence-electron chi connectivity index (χ4n) is 1.96. The monoisotopic (exact) mass is 266 g/mol. The van der Waals surface area contributed by atoms with E-state index in [1.54, 1.807) is 29.9 Å². The number of nitrogens with one attached hydrogen (secondary N) is 1. The molecule has 0 unspecified atom stereocenters. The van der Waals surface area contributed by atoms with E-state index >= 15 is 0 Å². The Morgan fingerprint density at radius 3 is 3.05 bits per heavy atom. The molecule has 0 radical (unpaired) electrons. The highest BCUT2D eigenvalue weighted by atomic mass is 16.5. The summed E-state index contributed by atoms with van der Waals surface area (Å²) in [7, 11) is 1.74. The Kier molecular flexibility index (Phi) is 4.57. The molecule has 6 heteroatoms. The average Bonchev–Trinajstić information content (AvgIpc) is 3.04. The molecule has 0 aromatic carbocycles. The quantitative estimate of drug-likeness (QED) is 0.787. The van der Waals surface area contributed by atoms with Crippen LogP contribution in [0, 0.1) is 0 Å². The van der Waals surface area contributed by atoms with Crippen LogP contribution in [0.1, 0.15) is 23.3 Å². The largest absolute Gasteiger partial charge is 0.451 e. The van der Waals surface area contributed by atoms with Crippen LogP contribution in [0.25, 0.3) is 0 Å². The summed E-state index contributed by atoms with van der Waals surface area (Å²) in [4.78, 5) is 23.2. The molecule has 1 atom stereocenters. The first-order valence-electron chi connectivity index (χ1n) is 6.33. The second-order valence-electron chi connectivity index (χ2n) is 4.52. The lowest BCUT2D eigenvalue weighted by molar-refractivity contribution is -0.124. The standard InChI is InChI=1S/C13H18N2O4/c1-15-6-2-5-11(15)13(17)19-9-12(16)14-8-10-4-3-7-18-10/h2,5-6,10H,3-4,7-9H2,1H3,(H,14,16)/t10-/m0/s1. The van der Waals surface area contributed by atoms with Gasteiger partial charge in [-0.3, -0.25) is 4.79 Å². The predicted molar refractivity (Wildman–Crippen MR) is 67.7 cm³/mol. The Morgan fingerprint density at radius 2 is 2.42 bits per heavy atom. The van der Waals surface area contributed by atoms with Crippen molar-refractivity contribution in [2.24, 2.45) is 7.05 Å². The first-order valence-corrected chi connectivity index (χ1v) is 6.33. The number of carbonyl (C=O) groups is 2. The zero-order chi connectivity index (χ0) is 13.7. The van der Waals surface area contributed by atoms with Crippen LogP contribution in [0.2, 0.25) is 0 Å². The van der Waals surface area contributed by atoms with Crippen LogP contribution in [0.5, 0.6) is 0 Å². The molecule has 0 spiro atoms. The van der Waals surface area contributed by atoms with Gasteiger partial charge in [0, 0.05) is 26.4 Å². The first-order chi connectivity index (χ1) is 9.16. The minimum atomic E-state index is -0.500. The number of hydrogen-bond donors (Lipinski definition) is 1. The fraction of sp³-hybridized carbons (Fsp3) is 0.538. The second kappa shape index (κ2) is 6.38. The summed E-state index contributed by atoms with van der Waals surface area (Å²) in [5, 5.41) is 2.69. The number of carbonyl (C=O) groups excluding carboxylic acids is 2. The Hall–Kier alpha value is -1.82. The van der Waals surface area contributed by atoms with Crippen LogP contribution in [-0.4, -0.2) is 42.3 Å². The summed E-state index contributed by atoms with van der Waals surface area (Å²) < 4.78 is 12.0. The van der Waals surface area contributed by atoms with E-state index in [0.29, 0.717) is 12.2 Å². The highest BCUT2D eigenvalue weighted by molar-refractivity contribution is 5.89. The normalized spacial score (nSPS) is 18.3. The molecule has 104 valence electrons. The molecule has 1 aromatic rings. The van der Waals surface area contributed by atoms with Crippen molar-refractivity contribution in [3.63, 3.8) is 0 Å². The molecule has 1 aromatic heterocycles. The minimum Gasteiger partial charge on any atom is -0.451 e. The van der Waals surface area contributed by atoms with Crippen molar-refractivity contribution in [3.05, 3.63) is 24.0 Å². The van der Waals surface area contributed by atoms with Crippen molar-refractivity contribution >= 4 is 11.9 Å². The van der Waals surface area contributed by atoms with Gasteiger partial charge in [-0.05, 0) is 25.0 Å². The molecule has 1 aliphatic heterocycles. The van der Waals surface area contributed by atoms with Crippen molar-refractivity contribution in [1.82, 2.24) is 9.88 Å². The summed E-state index contributed by atoms with van der Waals surface area (Å²) in [5.74, 6) is -0.808. The molecular formula is C13H18N2O4. The highest BCUT2D eigenvalue weighted by Crippen LogP contribution is 2.10. The molecule has 2 heterocycles. The van der Waals surface area contributed by atoms with Gasteiger partial charge in [-0.15, -0.1) is 0 Å². The van der Waals surface area contributed by atoms with Gasteiger partial charge >= 0.3 is 5.97 Å². The van der Waals surface area contributed by atoms with Crippen molar-refractivity contribution in [3.8, 4) is 0 Å². The lowest BCUT2D eigenvalue weighted by Gasteiger charge is -2.11. The zero-order valence-corrected chi connectivity index (χ0v) is 10.9. The van der Waals surface area contributed by atoms with Gasteiger partial charge in [-0.1, -0.05) is 0 Å². The van der Waals surface area contributed by atoms with Crippen LogP contribution in [0.3, 0.4) is 0 Å². The minimum absolute atomic E-state index is 0.0903. The Bertz CT molecular complexity index is 449. The van der Waals surface area contributed by atoms with E-state index in [1.165, 1.54) is 0 Å². The van der Waals surface area contributed by atoms with E-state index in [0.717, 1.165) is 19.4 Å². The molecule has 1 N–H and O–H groups in total. The summed E-state index contributed by atoms with van der Waals surface area (Å²) in [5.41, 5.74) is 0.423. The molecule has 0 bridgehead atoms. The predicted octanol–water partition coefficient (Wildman–Crippen LogP) is 0.477. The van der Waals surface area contributed by atoms with Crippen molar-refractivity contribution in [1.29, 1.82) is 0 Å². The maximum Gasteiger partial charge on any atom is 0.355 e. The molecule has 1 aliphatic rings. The lowest BCUT2D eigenvalue weighted by Crippen LogP contribution is -2.34. The van der Waals surface area contributed by atoms with Gasteiger partial charge in [0.15, 0.2) is 6.61 Å². The van der Waals surface area contributed by atoms with Gasteiger partial charge in [0.1, 0.15) is 5.69 Å². The molecule has 2 rings (SSSR count). The topological polar surface area (TPSA) is 69.6 Å². The van der Waals surface area contributed by atoms with E-state index in [4.69, 9.17) is 9.47 Å². The smallest absolute Gasteiger partial charge is 0.355 e. The van der Waals surface area contributed by atoms with Crippen LogP contribution in [0.15, 0.2) is 18.3 Å². The molecule has 1 fully saturated rings. The lowest BCUT2D eigenvalue weighted by atomic mass is 10.2. The van der Waals surface area contributed by atoms with Gasteiger partial charge in [0.2, 0.25) is 0 Å². The Morgan fingerprint density at radius 1 is 1.58 bits per heavy atom. The van der Waals surface area contributed by atoms with Gasteiger partial charge in [-0.25, -0.2) is 4.79 Å². The van der Waals surface area contributed by atoms with Gasteiger partial charge in [-0.2, -0.15) is 0 Å². The van der Waals surface area contributed by atoms with Gasteiger partial charge in [0.25, 0.3) is 5.91 Å². The summed E-state index contributed by atoms with van der Waals surface area (Å²) >= 11 is 0. The Balaban J connectivity index is 1.68. The molecule has 19 heavy (non-hydrogen) atoms. The molecule has 6 nitrogen and oxygen atoms in total.